The number of nitro groups is 1. The number of ether oxygens (including phenoxy) is 2. The predicted octanol–water partition coefficient (Wildman–Crippen LogP) is 0.285. The van der Waals surface area contributed by atoms with Crippen LogP contribution in [0.5, 0.6) is 0 Å². The average Bonchev–Trinajstić information content (AvgIpc) is 2.65. The van der Waals surface area contributed by atoms with Crippen molar-refractivity contribution in [3.63, 3.8) is 0 Å². The summed E-state index contributed by atoms with van der Waals surface area (Å²) in [6, 6.07) is 2.16. The molecule has 0 aliphatic carbocycles. The van der Waals surface area contributed by atoms with Crippen LogP contribution in [0.2, 0.25) is 0 Å². The first kappa shape index (κ1) is 21.8. The molecule has 1 aliphatic rings. The molecule has 0 bridgehead atoms. The maximum Gasteiger partial charge on any atom is 0.338 e. The Morgan fingerprint density at radius 2 is 1.93 bits per heavy atom. The van der Waals surface area contributed by atoms with Crippen LogP contribution in [-0.4, -0.2) is 57.3 Å². The molecule has 2 N–H and O–H groups in total. The van der Waals surface area contributed by atoms with E-state index in [1.54, 1.807) is 6.92 Å². The van der Waals surface area contributed by atoms with Gasteiger partial charge in [-0.3, -0.25) is 10.1 Å². The standard InChI is InChI=1S/C16H17N3O9S/c1-3-27-15(21)10-7-17-16(22)18-11(10)8-28-14(20)9-4-5-13(29(2,25)26)12(6-9)19(23)24/h4-6H,3,7-8H2,1-2H3,(H2,17,18,22). The third kappa shape index (κ3) is 5.28. The summed E-state index contributed by atoms with van der Waals surface area (Å²) in [5, 5.41) is 15.9. The quantitative estimate of drug-likeness (QED) is 0.352. The predicted molar refractivity (Wildman–Crippen MR) is 96.7 cm³/mol. The van der Waals surface area contributed by atoms with Crippen LogP contribution in [0, 0.1) is 10.1 Å². The Morgan fingerprint density at radius 3 is 2.52 bits per heavy atom. The minimum Gasteiger partial charge on any atom is -0.463 e. The number of benzene rings is 1. The Labute approximate surface area is 164 Å². The van der Waals surface area contributed by atoms with Gasteiger partial charge >= 0.3 is 18.0 Å². The summed E-state index contributed by atoms with van der Waals surface area (Å²) in [6.07, 6.45) is 0.802. The van der Waals surface area contributed by atoms with Gasteiger partial charge < -0.3 is 20.1 Å². The number of rotatable bonds is 7. The molecule has 0 fully saturated rings. The topological polar surface area (TPSA) is 171 Å². The van der Waals surface area contributed by atoms with Crippen LogP contribution < -0.4 is 10.6 Å². The third-order valence-corrected chi connectivity index (χ3v) is 4.86. The van der Waals surface area contributed by atoms with Gasteiger partial charge in [0.15, 0.2) is 9.84 Å². The highest BCUT2D eigenvalue weighted by molar-refractivity contribution is 7.90. The number of hydrogen-bond donors (Lipinski definition) is 2. The van der Waals surface area contributed by atoms with Gasteiger partial charge in [-0.1, -0.05) is 0 Å². The first-order valence-corrected chi connectivity index (χ1v) is 10.0. The summed E-state index contributed by atoms with van der Waals surface area (Å²) in [5.41, 5.74) is -0.994. The van der Waals surface area contributed by atoms with E-state index in [1.807, 2.05) is 0 Å². The van der Waals surface area contributed by atoms with Gasteiger partial charge in [0.1, 0.15) is 11.5 Å². The summed E-state index contributed by atoms with van der Waals surface area (Å²) in [5.74, 6) is -1.73. The number of amides is 2. The number of sulfone groups is 1. The molecule has 0 radical (unpaired) electrons. The Bertz CT molecular complexity index is 1010. The molecule has 2 amide bonds. The number of nitro benzene ring substituents is 1. The van der Waals surface area contributed by atoms with Crippen molar-refractivity contribution in [3.8, 4) is 0 Å². The minimum absolute atomic E-state index is 0.00260. The van der Waals surface area contributed by atoms with E-state index in [0.717, 1.165) is 24.5 Å². The zero-order valence-electron chi connectivity index (χ0n) is 15.4. The molecule has 0 aromatic heterocycles. The highest BCUT2D eigenvalue weighted by Crippen LogP contribution is 2.25. The van der Waals surface area contributed by atoms with Crippen molar-refractivity contribution in [1.29, 1.82) is 0 Å². The van der Waals surface area contributed by atoms with Gasteiger partial charge in [-0.15, -0.1) is 0 Å². The fourth-order valence-corrected chi connectivity index (χ4v) is 3.22. The molecule has 0 spiro atoms. The molecule has 0 saturated carbocycles. The van der Waals surface area contributed by atoms with E-state index in [9.17, 15) is 32.9 Å². The summed E-state index contributed by atoms with van der Waals surface area (Å²) in [6.45, 7) is 1.05. The number of urea groups is 1. The van der Waals surface area contributed by atoms with Crippen LogP contribution in [0.3, 0.4) is 0 Å². The molecule has 156 valence electrons. The van der Waals surface area contributed by atoms with Crippen molar-refractivity contribution >= 4 is 33.5 Å². The summed E-state index contributed by atoms with van der Waals surface area (Å²) in [7, 11) is -3.89. The fourth-order valence-electron chi connectivity index (χ4n) is 2.39. The number of esters is 2. The van der Waals surface area contributed by atoms with Crippen LogP contribution in [0.25, 0.3) is 0 Å². The summed E-state index contributed by atoms with van der Waals surface area (Å²) >= 11 is 0. The molecule has 1 aliphatic heterocycles. The van der Waals surface area contributed by atoms with E-state index in [-0.39, 0.29) is 30.0 Å². The Kier molecular flexibility index (Phi) is 6.53. The maximum absolute atomic E-state index is 12.2. The molecule has 0 atom stereocenters. The van der Waals surface area contributed by atoms with E-state index in [4.69, 9.17) is 9.47 Å². The van der Waals surface area contributed by atoms with Gasteiger partial charge in [-0.25, -0.2) is 22.8 Å². The molecule has 1 aromatic rings. The highest BCUT2D eigenvalue weighted by Gasteiger charge is 2.27. The van der Waals surface area contributed by atoms with E-state index in [1.165, 1.54) is 0 Å². The first-order valence-electron chi connectivity index (χ1n) is 8.14. The monoisotopic (exact) mass is 427 g/mol. The van der Waals surface area contributed by atoms with Crippen LogP contribution in [0.1, 0.15) is 17.3 Å². The molecule has 0 unspecified atom stereocenters. The second kappa shape index (κ2) is 8.68. The lowest BCUT2D eigenvalue weighted by Crippen LogP contribution is -2.45. The lowest BCUT2D eigenvalue weighted by atomic mass is 10.1. The zero-order valence-corrected chi connectivity index (χ0v) is 16.2. The van der Waals surface area contributed by atoms with Gasteiger partial charge in [0.05, 0.1) is 34.9 Å². The van der Waals surface area contributed by atoms with Crippen molar-refractivity contribution < 1.29 is 37.2 Å². The second-order valence-electron chi connectivity index (χ2n) is 5.77. The normalized spacial score (nSPS) is 13.9. The van der Waals surface area contributed by atoms with Gasteiger partial charge in [-0.05, 0) is 19.1 Å². The van der Waals surface area contributed by atoms with Crippen molar-refractivity contribution in [1.82, 2.24) is 10.6 Å². The highest BCUT2D eigenvalue weighted by atomic mass is 32.2. The van der Waals surface area contributed by atoms with Crippen LogP contribution >= 0.6 is 0 Å². The van der Waals surface area contributed by atoms with Gasteiger partial charge in [0.2, 0.25) is 0 Å². The number of nitrogens with one attached hydrogen (secondary N) is 2. The van der Waals surface area contributed by atoms with Gasteiger partial charge in [-0.2, -0.15) is 0 Å². The average molecular weight is 427 g/mol. The van der Waals surface area contributed by atoms with E-state index in [0.29, 0.717) is 0 Å². The SMILES string of the molecule is CCOC(=O)C1=C(COC(=O)c2ccc(S(C)(=O)=O)c([N+](=O)[O-])c2)NC(=O)NC1. The smallest absolute Gasteiger partial charge is 0.338 e. The minimum atomic E-state index is -3.89. The molecule has 1 heterocycles. The van der Waals surface area contributed by atoms with Crippen LogP contribution in [0.15, 0.2) is 34.4 Å². The van der Waals surface area contributed by atoms with E-state index in [2.05, 4.69) is 10.6 Å². The Balaban J connectivity index is 2.25. The van der Waals surface area contributed by atoms with Crippen molar-refractivity contribution in [2.45, 2.75) is 11.8 Å². The second-order valence-corrected chi connectivity index (χ2v) is 7.76. The lowest BCUT2D eigenvalue weighted by Gasteiger charge is -2.21. The number of carbonyl (C=O) groups excluding carboxylic acids is 3. The molecule has 2 rings (SSSR count). The molecule has 13 heteroatoms. The van der Waals surface area contributed by atoms with Gasteiger partial charge in [0.25, 0.3) is 5.69 Å². The van der Waals surface area contributed by atoms with E-state index >= 15 is 0 Å². The molecular formula is C16H17N3O9S. The molecule has 1 aromatic carbocycles. The van der Waals surface area contributed by atoms with Crippen molar-refractivity contribution in [2.24, 2.45) is 0 Å². The molecule has 12 nitrogen and oxygen atoms in total. The summed E-state index contributed by atoms with van der Waals surface area (Å²) < 4.78 is 33.2. The third-order valence-electron chi connectivity index (χ3n) is 3.71. The van der Waals surface area contributed by atoms with Crippen molar-refractivity contribution in [2.75, 3.05) is 26.0 Å². The van der Waals surface area contributed by atoms with E-state index < -0.39 is 49.9 Å². The Morgan fingerprint density at radius 1 is 1.24 bits per heavy atom. The van der Waals surface area contributed by atoms with Crippen LogP contribution in [-0.2, 0) is 24.1 Å². The zero-order chi connectivity index (χ0) is 21.8. The lowest BCUT2D eigenvalue weighted by molar-refractivity contribution is -0.387. The molecule has 29 heavy (non-hydrogen) atoms. The molecule has 0 saturated heterocycles. The number of carbonyl (C=O) groups is 3. The number of nitrogens with zero attached hydrogens (tertiary/aromatic N) is 1. The fraction of sp³-hybridized carbons (Fsp3) is 0.312. The van der Waals surface area contributed by atoms with Gasteiger partial charge in [0, 0.05) is 12.3 Å². The first-order chi connectivity index (χ1) is 13.5. The Hall–Kier alpha value is -3.48. The number of hydrogen-bond acceptors (Lipinski definition) is 9. The molecular weight excluding hydrogens is 410 g/mol. The maximum atomic E-state index is 12.2. The largest absolute Gasteiger partial charge is 0.463 e. The van der Waals surface area contributed by atoms with Crippen LogP contribution in [0.4, 0.5) is 10.5 Å². The summed E-state index contributed by atoms with van der Waals surface area (Å²) in [4.78, 5) is 45.3. The van der Waals surface area contributed by atoms with Crippen molar-refractivity contribution in [3.05, 3.63) is 45.1 Å².